The zero-order valence-electron chi connectivity index (χ0n) is 20.7. The summed E-state index contributed by atoms with van der Waals surface area (Å²) in [6, 6.07) is 27.7. The second-order valence-corrected chi connectivity index (χ2v) is 10.6. The molecule has 1 fully saturated rings. The molecule has 0 aliphatic heterocycles. The average Bonchev–Trinajstić information content (AvgIpc) is 2.91. The minimum Gasteiger partial charge on any atom is -0.352 e. The van der Waals surface area contributed by atoms with E-state index in [2.05, 4.69) is 21.2 Å². The van der Waals surface area contributed by atoms with Crippen molar-refractivity contribution >= 4 is 27.7 Å². The maximum Gasteiger partial charge on any atom is 0.243 e. The predicted octanol–water partition coefficient (Wildman–Crippen LogP) is 6.47. The molecule has 188 valence electrons. The molecule has 2 amide bonds. The molecule has 4 nitrogen and oxygen atoms in total. The molecule has 0 aromatic heterocycles. The topological polar surface area (TPSA) is 49.4 Å². The Balaban J connectivity index is 1.60. The second-order valence-electron chi connectivity index (χ2n) is 9.69. The van der Waals surface area contributed by atoms with E-state index >= 15 is 0 Å². The van der Waals surface area contributed by atoms with Crippen molar-refractivity contribution < 1.29 is 9.59 Å². The van der Waals surface area contributed by atoms with Crippen LogP contribution in [0.3, 0.4) is 0 Å². The van der Waals surface area contributed by atoms with Crippen LogP contribution in [0.1, 0.15) is 55.2 Å². The van der Waals surface area contributed by atoms with Crippen LogP contribution in [0.5, 0.6) is 0 Å². The highest BCUT2D eigenvalue weighted by Crippen LogP contribution is 2.21. The van der Waals surface area contributed by atoms with Crippen molar-refractivity contribution in [2.75, 3.05) is 0 Å². The summed E-state index contributed by atoms with van der Waals surface area (Å²) < 4.78 is 0.961. The Morgan fingerprint density at radius 3 is 2.14 bits per heavy atom. The van der Waals surface area contributed by atoms with Gasteiger partial charge in [0, 0.05) is 29.9 Å². The van der Waals surface area contributed by atoms with Gasteiger partial charge in [-0.25, -0.2) is 0 Å². The summed E-state index contributed by atoms with van der Waals surface area (Å²) in [5.74, 6) is -0.0487. The number of aryl methyl sites for hydroxylation is 1. The normalized spacial score (nSPS) is 14.7. The molecule has 0 heterocycles. The molecule has 1 unspecified atom stereocenters. The molecule has 0 spiro atoms. The van der Waals surface area contributed by atoms with Crippen LogP contribution in [0, 0.1) is 0 Å². The van der Waals surface area contributed by atoms with Gasteiger partial charge in [0.05, 0.1) is 0 Å². The third-order valence-corrected chi connectivity index (χ3v) is 7.43. The minimum atomic E-state index is -0.573. The van der Waals surface area contributed by atoms with E-state index in [1.54, 1.807) is 4.90 Å². The first-order valence-electron chi connectivity index (χ1n) is 13.0. The highest BCUT2D eigenvalue weighted by Gasteiger charge is 2.31. The number of nitrogens with zero attached hydrogens (tertiary/aromatic N) is 1. The van der Waals surface area contributed by atoms with Crippen LogP contribution < -0.4 is 5.32 Å². The van der Waals surface area contributed by atoms with Gasteiger partial charge in [0.15, 0.2) is 0 Å². The summed E-state index contributed by atoms with van der Waals surface area (Å²) in [6.45, 7) is 0.392. The van der Waals surface area contributed by atoms with Gasteiger partial charge >= 0.3 is 0 Å². The monoisotopic (exact) mass is 546 g/mol. The maximum absolute atomic E-state index is 13.8. The standard InChI is InChI=1S/C31H35BrN2O2/c32-27-16-10-15-26(21-27)23-34(30(35)20-19-24-11-4-1-5-12-24)29(22-25-13-6-2-7-14-25)31(36)33-28-17-8-3-9-18-28/h1-2,4-7,10-16,21,28-29H,3,8-9,17-20,22-23H2,(H,33,36). The lowest BCUT2D eigenvalue weighted by Gasteiger charge is -2.33. The van der Waals surface area contributed by atoms with Crippen molar-refractivity contribution in [3.05, 3.63) is 106 Å². The Hall–Kier alpha value is -2.92. The fourth-order valence-electron chi connectivity index (χ4n) is 4.97. The lowest BCUT2D eigenvalue weighted by atomic mass is 9.94. The van der Waals surface area contributed by atoms with Crippen LogP contribution in [-0.4, -0.2) is 28.8 Å². The quantitative estimate of drug-likeness (QED) is 0.316. The van der Waals surface area contributed by atoms with Gasteiger partial charge in [-0.15, -0.1) is 0 Å². The molecule has 1 atom stereocenters. The van der Waals surface area contributed by atoms with Gasteiger partial charge in [-0.1, -0.05) is 108 Å². The first-order chi connectivity index (χ1) is 17.6. The zero-order valence-corrected chi connectivity index (χ0v) is 22.3. The lowest BCUT2D eigenvalue weighted by molar-refractivity contribution is -0.141. The molecule has 3 aromatic rings. The van der Waals surface area contributed by atoms with Gasteiger partial charge in [-0.05, 0) is 48.1 Å². The summed E-state index contributed by atoms with van der Waals surface area (Å²) in [7, 11) is 0. The van der Waals surface area contributed by atoms with E-state index in [1.165, 1.54) is 6.42 Å². The molecule has 1 N–H and O–H groups in total. The molecule has 36 heavy (non-hydrogen) atoms. The highest BCUT2D eigenvalue weighted by molar-refractivity contribution is 9.10. The van der Waals surface area contributed by atoms with Crippen molar-refractivity contribution in [3.8, 4) is 0 Å². The number of carbonyl (C=O) groups excluding carboxylic acids is 2. The number of carbonyl (C=O) groups is 2. The van der Waals surface area contributed by atoms with Gasteiger partial charge in [0.25, 0.3) is 0 Å². The van der Waals surface area contributed by atoms with Gasteiger partial charge in [-0.2, -0.15) is 0 Å². The Bertz CT molecular complexity index is 1110. The van der Waals surface area contributed by atoms with Crippen LogP contribution >= 0.6 is 15.9 Å². The first kappa shape index (κ1) is 26.2. The van der Waals surface area contributed by atoms with Crippen LogP contribution in [0.4, 0.5) is 0 Å². The number of hydrogen-bond acceptors (Lipinski definition) is 2. The molecule has 0 radical (unpaired) electrons. The molecule has 1 aliphatic carbocycles. The average molecular weight is 548 g/mol. The van der Waals surface area contributed by atoms with E-state index < -0.39 is 6.04 Å². The predicted molar refractivity (Wildman–Crippen MR) is 148 cm³/mol. The van der Waals surface area contributed by atoms with E-state index in [9.17, 15) is 9.59 Å². The molecule has 3 aromatic carbocycles. The molecule has 1 saturated carbocycles. The molecular weight excluding hydrogens is 512 g/mol. The van der Waals surface area contributed by atoms with Crippen LogP contribution in [0.15, 0.2) is 89.4 Å². The Morgan fingerprint density at radius 2 is 1.47 bits per heavy atom. The summed E-state index contributed by atoms with van der Waals surface area (Å²) in [5.41, 5.74) is 3.18. The summed E-state index contributed by atoms with van der Waals surface area (Å²) in [6.07, 6.45) is 7.04. The molecule has 0 bridgehead atoms. The van der Waals surface area contributed by atoms with Crippen molar-refractivity contribution in [2.24, 2.45) is 0 Å². The number of benzene rings is 3. The molecule has 0 saturated heterocycles. The number of nitrogens with one attached hydrogen (secondary N) is 1. The summed E-state index contributed by atoms with van der Waals surface area (Å²) in [4.78, 5) is 29.3. The summed E-state index contributed by atoms with van der Waals surface area (Å²) in [5, 5.41) is 3.30. The van der Waals surface area contributed by atoms with Crippen molar-refractivity contribution in [1.82, 2.24) is 10.2 Å². The maximum atomic E-state index is 13.8. The molecule has 1 aliphatic rings. The molecule has 5 heteroatoms. The van der Waals surface area contributed by atoms with Crippen LogP contribution in [0.25, 0.3) is 0 Å². The smallest absolute Gasteiger partial charge is 0.243 e. The van der Waals surface area contributed by atoms with E-state index in [0.29, 0.717) is 25.8 Å². The first-order valence-corrected chi connectivity index (χ1v) is 13.8. The van der Waals surface area contributed by atoms with Gasteiger partial charge < -0.3 is 10.2 Å². The third-order valence-electron chi connectivity index (χ3n) is 6.93. The Kier molecular flexibility index (Phi) is 9.74. The second kappa shape index (κ2) is 13.4. The number of amides is 2. The van der Waals surface area contributed by atoms with Crippen molar-refractivity contribution in [1.29, 1.82) is 0 Å². The van der Waals surface area contributed by atoms with Crippen molar-refractivity contribution in [3.63, 3.8) is 0 Å². The van der Waals surface area contributed by atoms with Crippen LogP contribution in [-0.2, 0) is 29.0 Å². The van der Waals surface area contributed by atoms with Gasteiger partial charge in [0.2, 0.25) is 11.8 Å². The minimum absolute atomic E-state index is 0.00134. The summed E-state index contributed by atoms with van der Waals surface area (Å²) >= 11 is 3.55. The Morgan fingerprint density at radius 1 is 0.833 bits per heavy atom. The molecule has 4 rings (SSSR count). The zero-order chi connectivity index (χ0) is 25.2. The Labute approximate surface area is 223 Å². The fourth-order valence-corrected chi connectivity index (χ4v) is 5.42. The van der Waals surface area contributed by atoms with E-state index in [-0.39, 0.29) is 17.9 Å². The number of halogens is 1. The molecular formula is C31H35BrN2O2. The SMILES string of the molecule is O=C(NC1CCCCC1)C(Cc1ccccc1)N(Cc1cccc(Br)c1)C(=O)CCc1ccccc1. The van der Waals surface area contributed by atoms with E-state index in [1.807, 2.05) is 84.9 Å². The highest BCUT2D eigenvalue weighted by atomic mass is 79.9. The van der Waals surface area contributed by atoms with Crippen molar-refractivity contribution in [2.45, 2.75) is 70.0 Å². The van der Waals surface area contributed by atoms with Gasteiger partial charge in [0.1, 0.15) is 6.04 Å². The van der Waals surface area contributed by atoms with Crippen LogP contribution in [0.2, 0.25) is 0 Å². The number of hydrogen-bond donors (Lipinski definition) is 1. The number of rotatable bonds is 10. The van der Waals surface area contributed by atoms with Gasteiger partial charge in [-0.3, -0.25) is 9.59 Å². The van der Waals surface area contributed by atoms with E-state index in [0.717, 1.165) is 46.8 Å². The largest absolute Gasteiger partial charge is 0.352 e. The fraction of sp³-hybridized carbons (Fsp3) is 0.355. The van der Waals surface area contributed by atoms with E-state index in [4.69, 9.17) is 0 Å². The third kappa shape index (κ3) is 7.79. The lowest BCUT2D eigenvalue weighted by Crippen LogP contribution is -2.52.